The van der Waals surface area contributed by atoms with Crippen LogP contribution in [0.15, 0.2) is 60.7 Å². The number of carboxylic acid groups (broad SMARTS) is 2. The number of aliphatic carboxylic acids is 2. The van der Waals surface area contributed by atoms with Crippen LogP contribution in [-0.2, 0) is 15.0 Å². The number of hydrogen-bond donors (Lipinski definition) is 2. The Balaban J connectivity index is 2.15. The highest BCUT2D eigenvalue weighted by atomic mass is 16.4. The van der Waals surface area contributed by atoms with Crippen LogP contribution in [0.5, 0.6) is 0 Å². The van der Waals surface area contributed by atoms with Crippen molar-refractivity contribution in [3.05, 3.63) is 71.8 Å². The van der Waals surface area contributed by atoms with Crippen LogP contribution in [0.4, 0.5) is 0 Å². The van der Waals surface area contributed by atoms with Crippen molar-refractivity contribution in [1.82, 2.24) is 0 Å². The molecule has 0 radical (unpaired) electrons. The van der Waals surface area contributed by atoms with Gasteiger partial charge in [0.25, 0.3) is 0 Å². The van der Waals surface area contributed by atoms with E-state index in [1.165, 1.54) is 5.56 Å². The molecule has 2 N–H and O–H groups in total. The molecule has 0 aliphatic carbocycles. The largest absolute Gasteiger partial charge is 0.480 e. The van der Waals surface area contributed by atoms with Crippen LogP contribution >= 0.6 is 0 Å². The molecule has 1 atom stereocenters. The van der Waals surface area contributed by atoms with Crippen molar-refractivity contribution in [1.29, 1.82) is 0 Å². The van der Waals surface area contributed by atoms with Crippen molar-refractivity contribution in [3.8, 4) is 0 Å². The van der Waals surface area contributed by atoms with Crippen LogP contribution in [0.25, 0.3) is 0 Å². The topological polar surface area (TPSA) is 74.6 Å². The Hall–Kier alpha value is -2.62. The summed E-state index contributed by atoms with van der Waals surface area (Å²) in [6.07, 6.45) is 1.32. The van der Waals surface area contributed by atoms with Crippen LogP contribution in [0.2, 0.25) is 0 Å². The Bertz CT molecular complexity index is 665. The molecule has 0 aromatic heterocycles. The van der Waals surface area contributed by atoms with Crippen LogP contribution in [0.3, 0.4) is 0 Å². The molecule has 0 aliphatic rings. The first-order valence-corrected chi connectivity index (χ1v) is 8.05. The standard InChI is InChI=1S/C20H22O4/c1-15(16-10-4-2-5-11-16)9-8-14-20(18(21)22,19(23)24)17-12-6-3-7-13-17/h2-7,10-13,15H,8-9,14H2,1H3,(H,21,22)(H,23,24). The molecule has 0 heterocycles. The lowest BCUT2D eigenvalue weighted by atomic mass is 9.75. The highest BCUT2D eigenvalue weighted by Gasteiger charge is 2.47. The summed E-state index contributed by atoms with van der Waals surface area (Å²) < 4.78 is 0. The fourth-order valence-electron chi connectivity index (χ4n) is 3.04. The van der Waals surface area contributed by atoms with Crippen LogP contribution < -0.4 is 0 Å². The second-order valence-electron chi connectivity index (χ2n) is 6.09. The SMILES string of the molecule is CC(CCCC(C(=O)O)(C(=O)O)c1ccccc1)c1ccccc1. The molecule has 0 spiro atoms. The van der Waals surface area contributed by atoms with E-state index in [0.717, 1.165) is 6.42 Å². The third-order valence-electron chi connectivity index (χ3n) is 4.55. The summed E-state index contributed by atoms with van der Waals surface area (Å²) in [4.78, 5) is 23.7. The summed E-state index contributed by atoms with van der Waals surface area (Å²) in [7, 11) is 0. The van der Waals surface area contributed by atoms with Gasteiger partial charge >= 0.3 is 11.9 Å². The highest BCUT2D eigenvalue weighted by Crippen LogP contribution is 2.33. The van der Waals surface area contributed by atoms with E-state index in [4.69, 9.17) is 0 Å². The molecule has 0 fully saturated rings. The maximum Gasteiger partial charge on any atom is 0.325 e. The minimum atomic E-state index is -1.89. The summed E-state index contributed by atoms with van der Waals surface area (Å²) in [6, 6.07) is 18.2. The Labute approximate surface area is 141 Å². The van der Waals surface area contributed by atoms with Gasteiger partial charge in [-0.25, -0.2) is 0 Å². The molecule has 4 nitrogen and oxygen atoms in total. The molecule has 0 saturated heterocycles. The quantitative estimate of drug-likeness (QED) is 0.717. The zero-order chi connectivity index (χ0) is 17.6. The van der Waals surface area contributed by atoms with E-state index in [9.17, 15) is 19.8 Å². The summed E-state index contributed by atoms with van der Waals surface area (Å²) in [5, 5.41) is 19.3. The predicted molar refractivity (Wildman–Crippen MR) is 92.1 cm³/mol. The van der Waals surface area contributed by atoms with Crippen LogP contribution in [-0.4, -0.2) is 22.2 Å². The molecule has 4 heteroatoms. The first-order valence-electron chi connectivity index (χ1n) is 8.05. The molecular formula is C20H22O4. The minimum Gasteiger partial charge on any atom is -0.480 e. The average Bonchev–Trinajstić information content (AvgIpc) is 2.59. The number of carboxylic acids is 2. The lowest BCUT2D eigenvalue weighted by Gasteiger charge is -2.26. The molecule has 0 bridgehead atoms. The number of carbonyl (C=O) groups is 2. The fourth-order valence-corrected chi connectivity index (χ4v) is 3.04. The molecular weight excluding hydrogens is 304 g/mol. The normalized spacial score (nSPS) is 12.5. The third kappa shape index (κ3) is 3.65. The molecule has 0 aliphatic heterocycles. The molecule has 126 valence electrons. The van der Waals surface area contributed by atoms with E-state index in [0.29, 0.717) is 12.0 Å². The Morgan fingerprint density at radius 1 is 0.917 bits per heavy atom. The van der Waals surface area contributed by atoms with E-state index in [2.05, 4.69) is 6.92 Å². The number of hydrogen-bond acceptors (Lipinski definition) is 2. The van der Waals surface area contributed by atoms with E-state index in [-0.39, 0.29) is 12.3 Å². The van der Waals surface area contributed by atoms with Gasteiger partial charge in [-0.15, -0.1) is 0 Å². The lowest BCUT2D eigenvalue weighted by molar-refractivity contribution is -0.158. The van der Waals surface area contributed by atoms with Crippen molar-refractivity contribution < 1.29 is 19.8 Å². The zero-order valence-corrected chi connectivity index (χ0v) is 13.7. The maximum absolute atomic E-state index is 11.8. The van der Waals surface area contributed by atoms with E-state index < -0.39 is 17.4 Å². The van der Waals surface area contributed by atoms with E-state index in [1.807, 2.05) is 30.3 Å². The smallest absolute Gasteiger partial charge is 0.325 e. The van der Waals surface area contributed by atoms with Gasteiger partial charge in [-0.05, 0) is 29.9 Å². The molecule has 2 aromatic rings. The van der Waals surface area contributed by atoms with Crippen molar-refractivity contribution in [3.63, 3.8) is 0 Å². The molecule has 24 heavy (non-hydrogen) atoms. The molecule has 0 amide bonds. The van der Waals surface area contributed by atoms with Crippen molar-refractivity contribution in [2.45, 2.75) is 37.5 Å². The van der Waals surface area contributed by atoms with Gasteiger partial charge in [0.05, 0.1) is 0 Å². The lowest BCUT2D eigenvalue weighted by Crippen LogP contribution is -2.43. The molecule has 0 saturated carbocycles. The first kappa shape index (κ1) is 17.7. The van der Waals surface area contributed by atoms with Gasteiger partial charge in [0, 0.05) is 0 Å². The first-order chi connectivity index (χ1) is 11.5. The van der Waals surface area contributed by atoms with Gasteiger partial charge in [-0.2, -0.15) is 0 Å². The predicted octanol–water partition coefficient (Wildman–Crippen LogP) is 4.07. The van der Waals surface area contributed by atoms with Gasteiger partial charge in [0.15, 0.2) is 5.41 Å². The fraction of sp³-hybridized carbons (Fsp3) is 0.300. The summed E-state index contributed by atoms with van der Waals surface area (Å²) in [6.45, 7) is 2.07. The molecule has 2 rings (SSSR count). The minimum absolute atomic E-state index is 0.0683. The highest BCUT2D eigenvalue weighted by molar-refractivity contribution is 6.04. The van der Waals surface area contributed by atoms with Crippen molar-refractivity contribution >= 4 is 11.9 Å². The van der Waals surface area contributed by atoms with Crippen molar-refractivity contribution in [2.24, 2.45) is 0 Å². The third-order valence-corrected chi connectivity index (χ3v) is 4.55. The summed E-state index contributed by atoms with van der Waals surface area (Å²) in [5.74, 6) is -2.37. The molecule has 1 unspecified atom stereocenters. The van der Waals surface area contributed by atoms with Crippen LogP contribution in [0.1, 0.15) is 43.2 Å². The van der Waals surface area contributed by atoms with Gasteiger partial charge in [-0.3, -0.25) is 9.59 Å². The van der Waals surface area contributed by atoms with Gasteiger partial charge in [0.1, 0.15) is 0 Å². The van der Waals surface area contributed by atoms with Gasteiger partial charge in [0.2, 0.25) is 0 Å². The van der Waals surface area contributed by atoms with Crippen LogP contribution in [0, 0.1) is 0 Å². The average molecular weight is 326 g/mol. The van der Waals surface area contributed by atoms with Gasteiger partial charge in [-0.1, -0.05) is 74.0 Å². The summed E-state index contributed by atoms with van der Waals surface area (Å²) in [5.41, 5.74) is -0.400. The second-order valence-corrected chi connectivity index (χ2v) is 6.09. The number of benzene rings is 2. The number of rotatable bonds is 8. The Kier molecular flexibility index (Phi) is 5.74. The Morgan fingerprint density at radius 3 is 1.92 bits per heavy atom. The van der Waals surface area contributed by atoms with E-state index in [1.54, 1.807) is 30.3 Å². The maximum atomic E-state index is 11.8. The summed E-state index contributed by atoms with van der Waals surface area (Å²) >= 11 is 0. The van der Waals surface area contributed by atoms with Gasteiger partial charge < -0.3 is 10.2 Å². The zero-order valence-electron chi connectivity index (χ0n) is 13.7. The second kappa shape index (κ2) is 7.77. The van der Waals surface area contributed by atoms with E-state index >= 15 is 0 Å². The molecule has 2 aromatic carbocycles. The monoisotopic (exact) mass is 326 g/mol. The Morgan fingerprint density at radius 2 is 1.42 bits per heavy atom. The van der Waals surface area contributed by atoms with Crippen molar-refractivity contribution in [2.75, 3.05) is 0 Å².